The average Bonchev–Trinajstić information content (AvgIpc) is 2.39. The molecule has 2 rings (SSSR count). The first-order valence-corrected chi connectivity index (χ1v) is 7.54. The van der Waals surface area contributed by atoms with Gasteiger partial charge in [-0.3, -0.25) is 0 Å². The van der Waals surface area contributed by atoms with Crippen molar-refractivity contribution in [2.24, 2.45) is 0 Å². The van der Waals surface area contributed by atoms with Gasteiger partial charge in [0.2, 0.25) is 0 Å². The number of alkyl halides is 1. The number of halogens is 1. The van der Waals surface area contributed by atoms with Crippen LogP contribution in [0, 0.1) is 0 Å². The van der Waals surface area contributed by atoms with Crippen molar-refractivity contribution in [2.45, 2.75) is 31.5 Å². The van der Waals surface area contributed by atoms with Crippen LogP contribution in [0.5, 0.6) is 11.5 Å². The molecule has 0 atom stereocenters. The molecule has 0 unspecified atom stereocenters. The lowest BCUT2D eigenvalue weighted by Gasteiger charge is -2.19. The highest BCUT2D eigenvalue weighted by atomic mass is 79.9. The first-order valence-electron chi connectivity index (χ1n) is 6.42. The highest BCUT2D eigenvalue weighted by Crippen LogP contribution is 2.27. The first-order chi connectivity index (χ1) is 8.99. The summed E-state index contributed by atoms with van der Waals surface area (Å²) in [7, 11) is 0. The van der Waals surface area contributed by atoms with Crippen molar-refractivity contribution in [2.75, 3.05) is 0 Å². The largest absolute Gasteiger partial charge is 0.457 e. The molecule has 0 heterocycles. The van der Waals surface area contributed by atoms with Gasteiger partial charge in [-0.15, -0.1) is 0 Å². The van der Waals surface area contributed by atoms with E-state index in [4.69, 9.17) is 4.74 Å². The van der Waals surface area contributed by atoms with Crippen LogP contribution in [0.25, 0.3) is 0 Å². The zero-order valence-electron chi connectivity index (χ0n) is 11.6. The molecule has 2 aromatic carbocycles. The minimum Gasteiger partial charge on any atom is -0.457 e. The number of hydrogen-bond donors (Lipinski definition) is 0. The van der Waals surface area contributed by atoms with Crippen LogP contribution in [0.1, 0.15) is 31.9 Å². The summed E-state index contributed by atoms with van der Waals surface area (Å²) < 4.78 is 5.83. The van der Waals surface area contributed by atoms with E-state index in [0.29, 0.717) is 0 Å². The topological polar surface area (TPSA) is 9.23 Å². The molecule has 19 heavy (non-hydrogen) atoms. The third-order valence-electron chi connectivity index (χ3n) is 3.03. The van der Waals surface area contributed by atoms with Crippen molar-refractivity contribution >= 4 is 15.9 Å². The van der Waals surface area contributed by atoms with Crippen LogP contribution in [0.4, 0.5) is 0 Å². The molecule has 0 aliphatic carbocycles. The van der Waals surface area contributed by atoms with Gasteiger partial charge in [-0.1, -0.05) is 61.0 Å². The van der Waals surface area contributed by atoms with Crippen LogP contribution >= 0.6 is 15.9 Å². The summed E-state index contributed by atoms with van der Waals surface area (Å²) in [6, 6.07) is 16.4. The Morgan fingerprint density at radius 3 is 1.74 bits per heavy atom. The van der Waals surface area contributed by atoms with E-state index in [1.807, 2.05) is 24.3 Å². The fourth-order valence-corrected chi connectivity index (χ4v) is 2.18. The summed E-state index contributed by atoms with van der Waals surface area (Å²) in [6.45, 7) is 6.63. The molecule has 2 heteroatoms. The third kappa shape index (κ3) is 3.84. The van der Waals surface area contributed by atoms with Crippen LogP contribution in [0.2, 0.25) is 0 Å². The molecule has 0 radical (unpaired) electrons. The van der Waals surface area contributed by atoms with Gasteiger partial charge in [0.1, 0.15) is 11.5 Å². The van der Waals surface area contributed by atoms with Crippen molar-refractivity contribution in [3.05, 3.63) is 59.7 Å². The predicted octanol–water partition coefficient (Wildman–Crippen LogP) is 5.67. The molecule has 0 N–H and O–H groups in total. The van der Waals surface area contributed by atoms with Gasteiger partial charge in [-0.25, -0.2) is 0 Å². The van der Waals surface area contributed by atoms with Crippen molar-refractivity contribution < 1.29 is 4.74 Å². The van der Waals surface area contributed by atoms with Crippen molar-refractivity contribution in [1.82, 2.24) is 0 Å². The molecule has 0 saturated heterocycles. The van der Waals surface area contributed by atoms with Crippen LogP contribution < -0.4 is 4.74 Å². The Morgan fingerprint density at radius 1 is 0.842 bits per heavy atom. The maximum atomic E-state index is 5.83. The molecule has 0 aliphatic heterocycles. The van der Waals surface area contributed by atoms with Gasteiger partial charge in [-0.05, 0) is 40.8 Å². The summed E-state index contributed by atoms with van der Waals surface area (Å²) in [4.78, 5) is 0. The van der Waals surface area contributed by atoms with Crippen molar-refractivity contribution in [3.8, 4) is 11.5 Å². The van der Waals surface area contributed by atoms with Crippen LogP contribution in [-0.2, 0) is 10.7 Å². The maximum absolute atomic E-state index is 5.83. The minimum atomic E-state index is 0.177. The molecule has 100 valence electrons. The molecular weight excluding hydrogens is 300 g/mol. The smallest absolute Gasteiger partial charge is 0.127 e. The lowest BCUT2D eigenvalue weighted by molar-refractivity contribution is 0.481. The molecule has 0 aliphatic rings. The van der Waals surface area contributed by atoms with E-state index in [-0.39, 0.29) is 5.41 Å². The molecule has 0 amide bonds. The van der Waals surface area contributed by atoms with Crippen LogP contribution in [-0.4, -0.2) is 0 Å². The number of rotatable bonds is 3. The lowest BCUT2D eigenvalue weighted by atomic mass is 9.87. The first kappa shape index (κ1) is 14.1. The fourth-order valence-electron chi connectivity index (χ4n) is 1.81. The zero-order chi connectivity index (χ0) is 13.9. The maximum Gasteiger partial charge on any atom is 0.127 e. The third-order valence-corrected chi connectivity index (χ3v) is 3.68. The average molecular weight is 319 g/mol. The molecule has 2 aromatic rings. The van der Waals surface area contributed by atoms with E-state index in [2.05, 4.69) is 61.0 Å². The molecular formula is C17H19BrO. The van der Waals surface area contributed by atoms with Crippen molar-refractivity contribution in [1.29, 1.82) is 0 Å². The summed E-state index contributed by atoms with van der Waals surface area (Å²) in [5.41, 5.74) is 2.74. The lowest BCUT2D eigenvalue weighted by Crippen LogP contribution is -2.10. The Bertz CT molecular complexity index is 521. The highest BCUT2D eigenvalue weighted by Gasteiger charge is 2.12. The van der Waals surface area contributed by atoms with E-state index < -0.39 is 0 Å². The second-order valence-corrected chi connectivity index (χ2v) is 6.21. The van der Waals surface area contributed by atoms with E-state index in [1.54, 1.807) is 0 Å². The number of hydrogen-bond acceptors (Lipinski definition) is 1. The minimum absolute atomic E-state index is 0.177. The standard InChI is InChI=1S/C17H19BrO/c1-17(2,3)14-6-10-16(11-7-14)19-15-8-4-13(12-18)5-9-15/h4-11H,12H2,1-3H3. The van der Waals surface area contributed by atoms with E-state index in [9.17, 15) is 0 Å². The normalized spacial score (nSPS) is 11.4. The SMILES string of the molecule is CC(C)(C)c1ccc(Oc2ccc(CBr)cc2)cc1. The van der Waals surface area contributed by atoms with Crippen molar-refractivity contribution in [3.63, 3.8) is 0 Å². The second-order valence-electron chi connectivity index (χ2n) is 5.65. The van der Waals surface area contributed by atoms with Gasteiger partial charge in [0, 0.05) is 5.33 Å². The molecule has 0 saturated carbocycles. The Labute approximate surface area is 123 Å². The summed E-state index contributed by atoms with van der Waals surface area (Å²) in [5, 5.41) is 0.869. The molecule has 0 fully saturated rings. The predicted molar refractivity (Wildman–Crippen MR) is 84.3 cm³/mol. The molecule has 0 spiro atoms. The summed E-state index contributed by atoms with van der Waals surface area (Å²) >= 11 is 3.43. The number of ether oxygens (including phenoxy) is 1. The summed E-state index contributed by atoms with van der Waals surface area (Å²) in [5.74, 6) is 1.74. The number of benzene rings is 2. The van der Waals surface area contributed by atoms with Gasteiger partial charge >= 0.3 is 0 Å². The Hall–Kier alpha value is -1.28. The van der Waals surface area contributed by atoms with Gasteiger partial charge in [0.15, 0.2) is 0 Å². The van der Waals surface area contributed by atoms with Gasteiger partial charge in [-0.2, -0.15) is 0 Å². The Balaban J connectivity index is 2.10. The molecule has 0 aromatic heterocycles. The van der Waals surface area contributed by atoms with Gasteiger partial charge in [0.05, 0.1) is 0 Å². The van der Waals surface area contributed by atoms with Gasteiger partial charge < -0.3 is 4.74 Å². The molecule has 1 nitrogen and oxygen atoms in total. The summed E-state index contributed by atoms with van der Waals surface area (Å²) in [6.07, 6.45) is 0. The van der Waals surface area contributed by atoms with Gasteiger partial charge in [0.25, 0.3) is 0 Å². The van der Waals surface area contributed by atoms with E-state index in [0.717, 1.165) is 16.8 Å². The molecule has 0 bridgehead atoms. The quantitative estimate of drug-likeness (QED) is 0.662. The van der Waals surface area contributed by atoms with Crippen LogP contribution in [0.3, 0.4) is 0 Å². The Morgan fingerprint density at radius 2 is 1.32 bits per heavy atom. The Kier molecular flexibility index (Phi) is 4.31. The zero-order valence-corrected chi connectivity index (χ0v) is 13.2. The highest BCUT2D eigenvalue weighted by molar-refractivity contribution is 9.08. The van der Waals surface area contributed by atoms with E-state index >= 15 is 0 Å². The second kappa shape index (κ2) is 5.79. The van der Waals surface area contributed by atoms with E-state index in [1.165, 1.54) is 11.1 Å². The fraction of sp³-hybridized carbons (Fsp3) is 0.294. The monoisotopic (exact) mass is 318 g/mol. The van der Waals surface area contributed by atoms with Crippen LogP contribution in [0.15, 0.2) is 48.5 Å².